The summed E-state index contributed by atoms with van der Waals surface area (Å²) in [6.45, 7) is 6.63. The minimum Gasteiger partial charge on any atom is -0.480 e. The van der Waals surface area contributed by atoms with Crippen molar-refractivity contribution in [2.75, 3.05) is 6.54 Å². The van der Waals surface area contributed by atoms with Crippen LogP contribution in [0.2, 0.25) is 0 Å². The molecule has 0 radical (unpaired) electrons. The molecule has 1 rings (SSSR count). The molecule has 1 aromatic rings. The van der Waals surface area contributed by atoms with Gasteiger partial charge < -0.3 is 9.52 Å². The summed E-state index contributed by atoms with van der Waals surface area (Å²) in [5.41, 5.74) is 1.06. The molecule has 0 saturated carbocycles. The lowest BCUT2D eigenvalue weighted by Crippen LogP contribution is -2.36. The summed E-state index contributed by atoms with van der Waals surface area (Å²) < 4.78 is 5.34. The average molecular weight is 225 g/mol. The van der Waals surface area contributed by atoms with Crippen LogP contribution in [0, 0.1) is 6.92 Å². The third-order valence-corrected chi connectivity index (χ3v) is 2.70. The lowest BCUT2D eigenvalue weighted by atomic mass is 10.2. The molecule has 0 aliphatic carbocycles. The number of aliphatic carboxylic acids is 1. The van der Waals surface area contributed by atoms with Gasteiger partial charge in [-0.1, -0.05) is 6.92 Å². The molecule has 16 heavy (non-hydrogen) atoms. The molecule has 0 aliphatic rings. The second-order valence-corrected chi connectivity index (χ2v) is 4.15. The molecule has 90 valence electrons. The molecule has 1 aromatic heterocycles. The highest BCUT2D eigenvalue weighted by molar-refractivity contribution is 5.69. The molecule has 4 nitrogen and oxygen atoms in total. The number of furan rings is 1. The van der Waals surface area contributed by atoms with Crippen LogP contribution in [0.5, 0.6) is 0 Å². The summed E-state index contributed by atoms with van der Waals surface area (Å²) in [6.07, 6.45) is 2.61. The highest BCUT2D eigenvalue weighted by Crippen LogP contribution is 2.13. The highest BCUT2D eigenvalue weighted by atomic mass is 16.4. The Hall–Kier alpha value is -1.29. The Morgan fingerprint density at radius 2 is 2.31 bits per heavy atom. The zero-order valence-corrected chi connectivity index (χ0v) is 10.1. The van der Waals surface area contributed by atoms with Crippen molar-refractivity contribution in [3.05, 3.63) is 23.7 Å². The minimum absolute atomic E-state index is 0.0504. The molecule has 1 atom stereocenters. The first-order valence-corrected chi connectivity index (χ1v) is 5.52. The van der Waals surface area contributed by atoms with E-state index in [9.17, 15) is 4.79 Å². The highest BCUT2D eigenvalue weighted by Gasteiger charge is 2.17. The van der Waals surface area contributed by atoms with Gasteiger partial charge in [0.25, 0.3) is 0 Å². The number of aryl methyl sites for hydroxylation is 1. The Morgan fingerprint density at radius 3 is 2.75 bits per heavy atom. The molecular weight excluding hydrogens is 206 g/mol. The van der Waals surface area contributed by atoms with Gasteiger partial charge in [0.1, 0.15) is 5.76 Å². The van der Waals surface area contributed by atoms with Crippen LogP contribution in [0.4, 0.5) is 0 Å². The molecule has 0 spiro atoms. The second kappa shape index (κ2) is 5.70. The van der Waals surface area contributed by atoms with E-state index in [1.54, 1.807) is 6.26 Å². The Balaban J connectivity index is 2.66. The van der Waals surface area contributed by atoms with E-state index in [1.165, 1.54) is 0 Å². The fourth-order valence-electron chi connectivity index (χ4n) is 1.57. The zero-order chi connectivity index (χ0) is 12.1. The van der Waals surface area contributed by atoms with E-state index in [1.807, 2.05) is 31.7 Å². The number of rotatable bonds is 6. The number of hydrogen-bond acceptors (Lipinski definition) is 3. The van der Waals surface area contributed by atoms with Crippen LogP contribution in [0.1, 0.15) is 31.6 Å². The van der Waals surface area contributed by atoms with Crippen molar-refractivity contribution < 1.29 is 14.3 Å². The molecule has 0 bridgehead atoms. The first-order chi connectivity index (χ1) is 7.52. The van der Waals surface area contributed by atoms with Gasteiger partial charge in [-0.25, -0.2) is 0 Å². The van der Waals surface area contributed by atoms with Gasteiger partial charge in [0.2, 0.25) is 0 Å². The maximum Gasteiger partial charge on any atom is 0.317 e. The van der Waals surface area contributed by atoms with E-state index in [4.69, 9.17) is 9.52 Å². The fraction of sp³-hybridized carbons (Fsp3) is 0.583. The van der Waals surface area contributed by atoms with Crippen LogP contribution >= 0.6 is 0 Å². The van der Waals surface area contributed by atoms with E-state index in [0.717, 1.165) is 17.7 Å². The van der Waals surface area contributed by atoms with Crippen molar-refractivity contribution in [1.82, 2.24) is 4.90 Å². The number of carboxylic acid groups (broad SMARTS) is 1. The second-order valence-electron chi connectivity index (χ2n) is 4.15. The first-order valence-electron chi connectivity index (χ1n) is 5.52. The number of nitrogens with zero attached hydrogens (tertiary/aromatic N) is 1. The smallest absolute Gasteiger partial charge is 0.317 e. The monoisotopic (exact) mass is 225 g/mol. The van der Waals surface area contributed by atoms with Crippen molar-refractivity contribution in [2.45, 2.75) is 39.8 Å². The van der Waals surface area contributed by atoms with Crippen molar-refractivity contribution in [2.24, 2.45) is 0 Å². The Morgan fingerprint density at radius 1 is 1.62 bits per heavy atom. The lowest BCUT2D eigenvalue weighted by Gasteiger charge is -2.25. The zero-order valence-electron chi connectivity index (χ0n) is 10.1. The van der Waals surface area contributed by atoms with Crippen molar-refractivity contribution in [1.29, 1.82) is 0 Å². The van der Waals surface area contributed by atoms with Gasteiger partial charge in [-0.3, -0.25) is 9.69 Å². The fourth-order valence-corrected chi connectivity index (χ4v) is 1.57. The van der Waals surface area contributed by atoms with Crippen LogP contribution < -0.4 is 0 Å². The maximum atomic E-state index is 10.8. The van der Waals surface area contributed by atoms with E-state index < -0.39 is 5.97 Å². The summed E-state index contributed by atoms with van der Waals surface area (Å²) in [5, 5.41) is 8.84. The molecular formula is C12H19NO3. The predicted octanol–water partition coefficient (Wildman–Crippen LogP) is 2.27. The van der Waals surface area contributed by atoms with Crippen molar-refractivity contribution in [3.63, 3.8) is 0 Å². The number of carboxylic acids is 1. The molecule has 4 heteroatoms. The topological polar surface area (TPSA) is 53.7 Å². The lowest BCUT2D eigenvalue weighted by molar-refractivity contribution is -0.139. The van der Waals surface area contributed by atoms with Crippen LogP contribution in [0.3, 0.4) is 0 Å². The molecule has 0 aromatic carbocycles. The van der Waals surface area contributed by atoms with Gasteiger partial charge in [-0.15, -0.1) is 0 Å². The normalized spacial score (nSPS) is 13.0. The maximum absolute atomic E-state index is 10.8. The summed E-state index contributed by atoms with van der Waals surface area (Å²) >= 11 is 0. The van der Waals surface area contributed by atoms with Gasteiger partial charge in [0.05, 0.1) is 19.4 Å². The van der Waals surface area contributed by atoms with E-state index in [0.29, 0.717) is 6.54 Å². The largest absolute Gasteiger partial charge is 0.480 e. The van der Waals surface area contributed by atoms with Gasteiger partial charge in [0.15, 0.2) is 0 Å². The van der Waals surface area contributed by atoms with Crippen LogP contribution in [-0.4, -0.2) is 28.6 Å². The molecule has 0 amide bonds. The molecule has 1 unspecified atom stereocenters. The quantitative estimate of drug-likeness (QED) is 0.807. The molecule has 0 aliphatic heterocycles. The summed E-state index contributed by atoms with van der Waals surface area (Å²) in [5.74, 6) is 0.0163. The van der Waals surface area contributed by atoms with Gasteiger partial charge in [-0.2, -0.15) is 0 Å². The van der Waals surface area contributed by atoms with E-state index >= 15 is 0 Å². The third-order valence-electron chi connectivity index (χ3n) is 2.70. The summed E-state index contributed by atoms with van der Waals surface area (Å²) in [6, 6.07) is 2.18. The van der Waals surface area contributed by atoms with Gasteiger partial charge in [0, 0.05) is 6.04 Å². The predicted molar refractivity (Wildman–Crippen MR) is 61.2 cm³/mol. The molecule has 1 N–H and O–H groups in total. The van der Waals surface area contributed by atoms with E-state index in [2.05, 4.69) is 0 Å². The van der Waals surface area contributed by atoms with Crippen LogP contribution in [0.15, 0.2) is 16.7 Å². The van der Waals surface area contributed by atoms with E-state index in [-0.39, 0.29) is 12.6 Å². The summed E-state index contributed by atoms with van der Waals surface area (Å²) in [7, 11) is 0. The van der Waals surface area contributed by atoms with Gasteiger partial charge in [-0.05, 0) is 31.9 Å². The van der Waals surface area contributed by atoms with Crippen molar-refractivity contribution >= 4 is 5.97 Å². The minimum atomic E-state index is -0.802. The molecule has 1 heterocycles. The Bertz CT molecular complexity index is 346. The summed E-state index contributed by atoms with van der Waals surface area (Å²) in [4.78, 5) is 12.7. The molecule has 0 fully saturated rings. The SMILES string of the molecule is CCC(C)N(CC(=O)O)Cc1cc(C)co1. The number of carbonyl (C=O) groups is 1. The first kappa shape index (κ1) is 12.8. The Labute approximate surface area is 95.9 Å². The average Bonchev–Trinajstić information content (AvgIpc) is 2.61. The van der Waals surface area contributed by atoms with Gasteiger partial charge >= 0.3 is 5.97 Å². The number of hydrogen-bond donors (Lipinski definition) is 1. The van der Waals surface area contributed by atoms with Crippen molar-refractivity contribution in [3.8, 4) is 0 Å². The van der Waals surface area contributed by atoms with Crippen LogP contribution in [-0.2, 0) is 11.3 Å². The Kier molecular flexibility index (Phi) is 4.55. The van der Waals surface area contributed by atoms with Crippen LogP contribution in [0.25, 0.3) is 0 Å². The molecule has 0 saturated heterocycles. The third kappa shape index (κ3) is 3.70. The standard InChI is InChI=1S/C12H19NO3/c1-4-10(3)13(7-12(14)15)6-11-5-9(2)8-16-11/h5,8,10H,4,6-7H2,1-3H3,(H,14,15).